The molecule has 0 radical (unpaired) electrons. The maximum Gasteiger partial charge on any atom is 0.101 e. The summed E-state index contributed by atoms with van der Waals surface area (Å²) in [5.74, 6) is 0. The Labute approximate surface area is 119 Å². The second-order valence-corrected chi connectivity index (χ2v) is 5.50. The molecule has 2 rings (SSSR count). The van der Waals surface area contributed by atoms with Crippen LogP contribution >= 0.6 is 35.0 Å². The second kappa shape index (κ2) is 5.53. The van der Waals surface area contributed by atoms with E-state index in [-0.39, 0.29) is 0 Å². The molecule has 90 valence electrons. The van der Waals surface area contributed by atoms with E-state index in [1.54, 1.807) is 24.3 Å². The van der Waals surface area contributed by atoms with E-state index in [2.05, 4.69) is 6.07 Å². The Kier molecular flexibility index (Phi) is 4.03. The van der Waals surface area contributed by atoms with Gasteiger partial charge in [0.25, 0.3) is 0 Å². The zero-order valence-electron chi connectivity index (χ0n) is 9.15. The molecule has 2 nitrogen and oxygen atoms in total. The van der Waals surface area contributed by atoms with E-state index >= 15 is 0 Å². The highest BCUT2D eigenvalue weighted by atomic mass is 35.5. The number of nitrogens with zero attached hydrogens (tertiary/aromatic N) is 1. The van der Waals surface area contributed by atoms with Crippen molar-refractivity contribution < 1.29 is 0 Å². The van der Waals surface area contributed by atoms with Crippen LogP contribution in [0.2, 0.25) is 10.0 Å². The summed E-state index contributed by atoms with van der Waals surface area (Å²) in [4.78, 5) is 1.89. The zero-order valence-corrected chi connectivity index (χ0v) is 11.5. The molecular weight excluding hydrogens is 287 g/mol. The molecule has 0 aromatic heterocycles. The van der Waals surface area contributed by atoms with Crippen LogP contribution in [0.4, 0.5) is 5.69 Å². The van der Waals surface area contributed by atoms with Crippen LogP contribution in [0.25, 0.3) is 0 Å². The molecule has 0 unspecified atom stereocenters. The molecule has 0 saturated heterocycles. The number of halogens is 2. The van der Waals surface area contributed by atoms with Gasteiger partial charge in [-0.15, -0.1) is 0 Å². The maximum atomic E-state index is 8.91. The minimum absolute atomic E-state index is 0.472. The maximum absolute atomic E-state index is 8.91. The molecule has 0 aliphatic rings. The first-order chi connectivity index (χ1) is 8.60. The average molecular weight is 295 g/mol. The Hall–Kier alpha value is -1.34. The van der Waals surface area contributed by atoms with E-state index in [4.69, 9.17) is 34.2 Å². The predicted octanol–water partition coefficient (Wildman–Crippen LogP) is 4.60. The van der Waals surface area contributed by atoms with Crippen LogP contribution < -0.4 is 5.73 Å². The molecule has 0 amide bonds. The molecule has 0 heterocycles. The Morgan fingerprint density at radius 1 is 1.00 bits per heavy atom. The van der Waals surface area contributed by atoms with Gasteiger partial charge >= 0.3 is 0 Å². The number of benzene rings is 2. The van der Waals surface area contributed by atoms with Crippen molar-refractivity contribution in [2.24, 2.45) is 0 Å². The summed E-state index contributed by atoms with van der Waals surface area (Å²) < 4.78 is 0. The van der Waals surface area contributed by atoms with Crippen molar-refractivity contribution in [3.05, 3.63) is 52.0 Å². The Balaban J connectivity index is 2.29. The minimum Gasteiger partial charge on any atom is -0.398 e. The summed E-state index contributed by atoms with van der Waals surface area (Å²) in [6.07, 6.45) is 0. The molecule has 0 aliphatic carbocycles. The van der Waals surface area contributed by atoms with Gasteiger partial charge in [0.05, 0.1) is 15.6 Å². The number of nitrogen functional groups attached to an aromatic ring is 1. The molecule has 0 atom stereocenters. The number of nitrogens with two attached hydrogens (primary N) is 1. The standard InChI is InChI=1S/C13H8Cl2N2S/c14-11-3-1-10(6-12(11)15)18-9-2-4-13(17)8(5-9)7-16/h1-6H,17H2. The summed E-state index contributed by atoms with van der Waals surface area (Å²) in [5.41, 5.74) is 6.62. The summed E-state index contributed by atoms with van der Waals surface area (Å²) >= 11 is 13.3. The molecular formula is C13H8Cl2N2S. The van der Waals surface area contributed by atoms with Crippen LogP contribution in [0.15, 0.2) is 46.2 Å². The smallest absolute Gasteiger partial charge is 0.101 e. The lowest BCUT2D eigenvalue weighted by molar-refractivity contribution is 1.38. The van der Waals surface area contributed by atoms with E-state index in [1.807, 2.05) is 12.1 Å². The van der Waals surface area contributed by atoms with Gasteiger partial charge in [0.15, 0.2) is 0 Å². The van der Waals surface area contributed by atoms with Crippen LogP contribution in [0.3, 0.4) is 0 Å². The topological polar surface area (TPSA) is 49.8 Å². The Morgan fingerprint density at radius 2 is 1.67 bits per heavy atom. The van der Waals surface area contributed by atoms with Gasteiger partial charge in [-0.25, -0.2) is 0 Å². The molecule has 0 fully saturated rings. The Morgan fingerprint density at radius 3 is 2.33 bits per heavy atom. The van der Waals surface area contributed by atoms with Crippen LogP contribution in [-0.4, -0.2) is 0 Å². The molecule has 18 heavy (non-hydrogen) atoms. The highest BCUT2D eigenvalue weighted by Gasteiger charge is 2.04. The fraction of sp³-hybridized carbons (Fsp3) is 0. The first-order valence-corrected chi connectivity index (χ1v) is 6.60. The van der Waals surface area contributed by atoms with E-state index in [9.17, 15) is 0 Å². The monoisotopic (exact) mass is 294 g/mol. The lowest BCUT2D eigenvalue weighted by atomic mass is 10.2. The highest BCUT2D eigenvalue weighted by molar-refractivity contribution is 7.99. The number of rotatable bonds is 2. The first-order valence-electron chi connectivity index (χ1n) is 5.02. The normalized spacial score (nSPS) is 10.1. The number of hydrogen-bond donors (Lipinski definition) is 1. The average Bonchev–Trinajstić information content (AvgIpc) is 2.36. The molecule has 2 N–H and O–H groups in total. The van der Waals surface area contributed by atoms with Gasteiger partial charge in [-0.3, -0.25) is 0 Å². The summed E-state index contributed by atoms with van der Waals surface area (Å²) in [6.45, 7) is 0. The molecule has 2 aromatic rings. The third-order valence-corrected chi connectivity index (χ3v) is 3.99. The summed E-state index contributed by atoms with van der Waals surface area (Å²) in [7, 11) is 0. The van der Waals surface area contributed by atoms with Gasteiger partial charge in [-0.2, -0.15) is 5.26 Å². The Bertz CT molecular complexity index is 635. The van der Waals surface area contributed by atoms with Crippen LogP contribution in [0.5, 0.6) is 0 Å². The summed E-state index contributed by atoms with van der Waals surface area (Å²) in [6, 6.07) is 12.8. The lowest BCUT2D eigenvalue weighted by Gasteiger charge is -2.05. The summed E-state index contributed by atoms with van der Waals surface area (Å²) in [5, 5.41) is 9.95. The largest absolute Gasteiger partial charge is 0.398 e. The highest BCUT2D eigenvalue weighted by Crippen LogP contribution is 2.33. The predicted molar refractivity (Wildman–Crippen MR) is 76.2 cm³/mol. The third kappa shape index (κ3) is 2.91. The second-order valence-electron chi connectivity index (χ2n) is 3.54. The van der Waals surface area contributed by atoms with Crippen LogP contribution in [-0.2, 0) is 0 Å². The molecule has 0 bridgehead atoms. The first kappa shape index (κ1) is 13.1. The fourth-order valence-electron chi connectivity index (χ4n) is 1.37. The van der Waals surface area contributed by atoms with Crippen LogP contribution in [0, 0.1) is 11.3 Å². The molecule has 0 aliphatic heterocycles. The van der Waals surface area contributed by atoms with Gasteiger partial charge in [0, 0.05) is 15.5 Å². The molecule has 2 aromatic carbocycles. The van der Waals surface area contributed by atoms with Crippen LogP contribution in [0.1, 0.15) is 5.56 Å². The number of nitriles is 1. The van der Waals surface area contributed by atoms with Crippen molar-refractivity contribution in [2.45, 2.75) is 9.79 Å². The van der Waals surface area contributed by atoms with Crippen molar-refractivity contribution in [1.29, 1.82) is 5.26 Å². The SMILES string of the molecule is N#Cc1cc(Sc2ccc(Cl)c(Cl)c2)ccc1N. The van der Waals surface area contributed by atoms with Crippen molar-refractivity contribution in [3.63, 3.8) is 0 Å². The quantitative estimate of drug-likeness (QED) is 0.824. The van der Waals surface area contributed by atoms with E-state index < -0.39 is 0 Å². The van der Waals surface area contributed by atoms with Crippen molar-refractivity contribution >= 4 is 40.7 Å². The van der Waals surface area contributed by atoms with Gasteiger partial charge in [0.2, 0.25) is 0 Å². The van der Waals surface area contributed by atoms with E-state index in [0.29, 0.717) is 21.3 Å². The fourth-order valence-corrected chi connectivity index (χ4v) is 2.63. The number of anilines is 1. The van der Waals surface area contributed by atoms with Gasteiger partial charge in [0.1, 0.15) is 6.07 Å². The van der Waals surface area contributed by atoms with Gasteiger partial charge in [-0.1, -0.05) is 35.0 Å². The van der Waals surface area contributed by atoms with E-state index in [1.165, 1.54) is 11.8 Å². The minimum atomic E-state index is 0.472. The zero-order chi connectivity index (χ0) is 13.1. The molecule has 5 heteroatoms. The molecule has 0 saturated carbocycles. The third-order valence-electron chi connectivity index (χ3n) is 2.27. The number of hydrogen-bond acceptors (Lipinski definition) is 3. The lowest BCUT2D eigenvalue weighted by Crippen LogP contribution is -1.89. The van der Waals surface area contributed by atoms with Crippen molar-refractivity contribution in [1.82, 2.24) is 0 Å². The van der Waals surface area contributed by atoms with Gasteiger partial charge in [-0.05, 0) is 36.4 Å². The van der Waals surface area contributed by atoms with Crippen molar-refractivity contribution in [2.75, 3.05) is 5.73 Å². The molecule has 0 spiro atoms. The van der Waals surface area contributed by atoms with Crippen molar-refractivity contribution in [3.8, 4) is 6.07 Å². The van der Waals surface area contributed by atoms with Gasteiger partial charge < -0.3 is 5.73 Å². The van der Waals surface area contributed by atoms with E-state index in [0.717, 1.165) is 9.79 Å².